The fourth-order valence-electron chi connectivity index (χ4n) is 2.28. The molecule has 2 rings (SSSR count). The maximum Gasteiger partial charge on any atom is 0.241 e. The number of aryl methyl sites for hydroxylation is 1. The van der Waals surface area contributed by atoms with E-state index in [2.05, 4.69) is 10.4 Å². The number of carbonyl (C=O) groups is 1. The molecule has 1 aliphatic carbocycles. The van der Waals surface area contributed by atoms with Crippen LogP contribution in [0.15, 0.2) is 0 Å². The van der Waals surface area contributed by atoms with Crippen molar-refractivity contribution in [2.45, 2.75) is 45.7 Å². The molecule has 2 N–H and O–H groups in total. The highest BCUT2D eigenvalue weighted by Gasteiger charge is 2.31. The summed E-state index contributed by atoms with van der Waals surface area (Å²) in [4.78, 5) is 12.0. The zero-order valence-electron chi connectivity index (χ0n) is 11.3. The van der Waals surface area contributed by atoms with Crippen LogP contribution in [0.2, 0.25) is 5.02 Å². The largest absolute Gasteiger partial charge is 0.396 e. The topological polar surface area (TPSA) is 67.2 Å². The second-order valence-corrected chi connectivity index (χ2v) is 5.54. The summed E-state index contributed by atoms with van der Waals surface area (Å²) < 4.78 is 1.62. The Kier molecular flexibility index (Phi) is 4.47. The molecule has 0 aromatic carbocycles. The van der Waals surface area contributed by atoms with Crippen molar-refractivity contribution in [3.05, 3.63) is 16.4 Å². The Hall–Kier alpha value is -1.07. The van der Waals surface area contributed by atoms with Gasteiger partial charge in [0.15, 0.2) is 0 Å². The first kappa shape index (κ1) is 14.3. The number of aromatic nitrogens is 2. The smallest absolute Gasteiger partial charge is 0.241 e. The van der Waals surface area contributed by atoms with Crippen LogP contribution in [0.25, 0.3) is 0 Å². The van der Waals surface area contributed by atoms with Gasteiger partial charge in [-0.15, -0.1) is 0 Å². The lowest BCUT2D eigenvalue weighted by molar-refractivity contribution is -0.122. The lowest BCUT2D eigenvalue weighted by Gasteiger charge is -2.17. The van der Waals surface area contributed by atoms with Crippen molar-refractivity contribution < 1.29 is 9.90 Å². The van der Waals surface area contributed by atoms with Gasteiger partial charge in [-0.2, -0.15) is 5.10 Å². The summed E-state index contributed by atoms with van der Waals surface area (Å²) in [5, 5.41) is 16.8. The van der Waals surface area contributed by atoms with Crippen LogP contribution in [0, 0.1) is 19.8 Å². The Morgan fingerprint density at radius 2 is 2.26 bits per heavy atom. The number of halogens is 1. The summed E-state index contributed by atoms with van der Waals surface area (Å²) in [7, 11) is 0. The molecule has 1 aromatic rings. The maximum absolute atomic E-state index is 12.0. The molecule has 0 aliphatic heterocycles. The van der Waals surface area contributed by atoms with Crippen molar-refractivity contribution >= 4 is 17.5 Å². The van der Waals surface area contributed by atoms with Gasteiger partial charge in [0.2, 0.25) is 5.91 Å². The van der Waals surface area contributed by atoms with Gasteiger partial charge in [0.1, 0.15) is 6.54 Å². The highest BCUT2D eigenvalue weighted by molar-refractivity contribution is 6.31. The molecule has 0 spiro atoms. The zero-order chi connectivity index (χ0) is 14.0. The van der Waals surface area contributed by atoms with Gasteiger partial charge in [-0.25, -0.2) is 0 Å². The quantitative estimate of drug-likeness (QED) is 0.831. The summed E-state index contributed by atoms with van der Waals surface area (Å²) in [6, 6.07) is 0.0879. The van der Waals surface area contributed by atoms with Crippen molar-refractivity contribution in [2.75, 3.05) is 6.61 Å². The van der Waals surface area contributed by atoms with Crippen LogP contribution in [0.1, 0.15) is 30.7 Å². The Morgan fingerprint density at radius 1 is 1.58 bits per heavy atom. The molecule has 0 radical (unpaired) electrons. The van der Waals surface area contributed by atoms with Crippen molar-refractivity contribution in [1.29, 1.82) is 0 Å². The standard InChI is InChI=1S/C13H20ClN3O2/c1-8-13(14)9(2)17(16-8)7-12(19)15-11(5-6-18)10-3-4-10/h10-11,18H,3-7H2,1-2H3,(H,15,19). The first-order valence-corrected chi connectivity index (χ1v) is 7.00. The van der Waals surface area contributed by atoms with E-state index in [-0.39, 0.29) is 25.1 Å². The highest BCUT2D eigenvalue weighted by Crippen LogP contribution is 2.33. The first-order valence-electron chi connectivity index (χ1n) is 6.62. The molecule has 1 fully saturated rings. The molecule has 0 bridgehead atoms. The van der Waals surface area contributed by atoms with E-state index >= 15 is 0 Å². The monoisotopic (exact) mass is 285 g/mol. The third-order valence-electron chi connectivity index (χ3n) is 3.56. The molecule has 1 atom stereocenters. The minimum absolute atomic E-state index is 0.0763. The number of amides is 1. The lowest BCUT2D eigenvalue weighted by atomic mass is 10.1. The van der Waals surface area contributed by atoms with E-state index in [1.54, 1.807) is 4.68 Å². The van der Waals surface area contributed by atoms with E-state index in [1.165, 1.54) is 0 Å². The summed E-state index contributed by atoms with van der Waals surface area (Å²) >= 11 is 6.05. The van der Waals surface area contributed by atoms with Crippen LogP contribution in [0.3, 0.4) is 0 Å². The number of nitrogens with one attached hydrogen (secondary N) is 1. The third-order valence-corrected chi connectivity index (χ3v) is 4.11. The van der Waals surface area contributed by atoms with Crippen molar-refractivity contribution in [2.24, 2.45) is 5.92 Å². The van der Waals surface area contributed by atoms with Crippen LogP contribution in [-0.2, 0) is 11.3 Å². The molecule has 5 nitrogen and oxygen atoms in total. The van der Waals surface area contributed by atoms with E-state index in [0.717, 1.165) is 24.2 Å². The molecule has 1 saturated carbocycles. The molecular weight excluding hydrogens is 266 g/mol. The van der Waals surface area contributed by atoms with Crippen LogP contribution in [0.5, 0.6) is 0 Å². The van der Waals surface area contributed by atoms with Gasteiger partial charge in [-0.05, 0) is 39.0 Å². The molecule has 1 amide bonds. The van der Waals surface area contributed by atoms with Crippen LogP contribution in [0.4, 0.5) is 0 Å². The fourth-order valence-corrected chi connectivity index (χ4v) is 2.42. The molecule has 6 heteroatoms. The van der Waals surface area contributed by atoms with Crippen LogP contribution < -0.4 is 5.32 Å². The van der Waals surface area contributed by atoms with Gasteiger partial charge >= 0.3 is 0 Å². The van der Waals surface area contributed by atoms with Gasteiger partial charge in [0.05, 0.1) is 16.4 Å². The number of aliphatic hydroxyl groups excluding tert-OH is 1. The van der Waals surface area contributed by atoms with Crippen molar-refractivity contribution in [1.82, 2.24) is 15.1 Å². The minimum Gasteiger partial charge on any atom is -0.396 e. The molecule has 1 aromatic heterocycles. The van der Waals surface area contributed by atoms with E-state index in [9.17, 15) is 4.79 Å². The molecular formula is C13H20ClN3O2. The summed E-state index contributed by atoms with van der Waals surface area (Å²) in [6.07, 6.45) is 2.89. The number of carbonyl (C=O) groups excluding carboxylic acids is 1. The van der Waals surface area contributed by atoms with Gasteiger partial charge in [0.25, 0.3) is 0 Å². The molecule has 1 heterocycles. The van der Waals surface area contributed by atoms with E-state index in [0.29, 0.717) is 17.4 Å². The van der Waals surface area contributed by atoms with E-state index in [4.69, 9.17) is 16.7 Å². The minimum atomic E-state index is -0.0763. The van der Waals surface area contributed by atoms with Gasteiger partial charge in [-0.1, -0.05) is 11.6 Å². The Bertz CT molecular complexity index is 469. The van der Waals surface area contributed by atoms with Gasteiger partial charge in [-0.3, -0.25) is 9.48 Å². The molecule has 1 aliphatic rings. The molecule has 19 heavy (non-hydrogen) atoms. The van der Waals surface area contributed by atoms with Crippen LogP contribution in [-0.4, -0.2) is 33.4 Å². The van der Waals surface area contributed by atoms with Crippen molar-refractivity contribution in [3.63, 3.8) is 0 Å². The second-order valence-electron chi connectivity index (χ2n) is 5.17. The Labute approximate surface area is 117 Å². The lowest BCUT2D eigenvalue weighted by Crippen LogP contribution is -2.39. The van der Waals surface area contributed by atoms with Crippen molar-refractivity contribution in [3.8, 4) is 0 Å². The zero-order valence-corrected chi connectivity index (χ0v) is 12.1. The summed E-state index contributed by atoms with van der Waals surface area (Å²) in [6.45, 7) is 3.95. The summed E-state index contributed by atoms with van der Waals surface area (Å²) in [5.41, 5.74) is 1.54. The number of rotatable bonds is 6. The average molecular weight is 286 g/mol. The van der Waals surface area contributed by atoms with E-state index < -0.39 is 0 Å². The van der Waals surface area contributed by atoms with E-state index in [1.807, 2.05) is 13.8 Å². The second kappa shape index (κ2) is 5.92. The average Bonchev–Trinajstić information content (AvgIpc) is 3.16. The Morgan fingerprint density at radius 3 is 2.74 bits per heavy atom. The normalized spacial score (nSPS) is 16.4. The Balaban J connectivity index is 1.94. The maximum atomic E-state index is 12.0. The third kappa shape index (κ3) is 3.48. The molecule has 106 valence electrons. The number of hydrogen-bond donors (Lipinski definition) is 2. The number of hydrogen-bond acceptors (Lipinski definition) is 3. The fraction of sp³-hybridized carbons (Fsp3) is 0.692. The first-order chi connectivity index (χ1) is 9.02. The van der Waals surface area contributed by atoms with Gasteiger partial charge < -0.3 is 10.4 Å². The van der Waals surface area contributed by atoms with Gasteiger partial charge in [0, 0.05) is 12.6 Å². The number of aliphatic hydroxyl groups is 1. The molecule has 0 saturated heterocycles. The summed E-state index contributed by atoms with van der Waals surface area (Å²) in [5.74, 6) is 0.452. The predicted molar refractivity (Wildman–Crippen MR) is 73.1 cm³/mol. The highest BCUT2D eigenvalue weighted by atomic mass is 35.5. The SMILES string of the molecule is Cc1nn(CC(=O)NC(CCO)C2CC2)c(C)c1Cl. The molecule has 1 unspecified atom stereocenters. The van der Waals surface area contributed by atoms with Crippen LogP contribution >= 0.6 is 11.6 Å². The predicted octanol–water partition coefficient (Wildman–Crippen LogP) is 1.43. The number of nitrogens with zero attached hydrogens (tertiary/aromatic N) is 2.